The number of carboxylic acid groups (broad SMARTS) is 1. The molecule has 1 aliphatic heterocycles. The van der Waals surface area contributed by atoms with Gasteiger partial charge in [0, 0.05) is 18.2 Å². The molecular weight excluding hydrogens is 506 g/mol. The number of aromatic amines is 1. The van der Waals surface area contributed by atoms with E-state index in [4.69, 9.17) is 5.11 Å². The molecule has 0 saturated carbocycles. The highest BCUT2D eigenvalue weighted by Crippen LogP contribution is 2.46. The summed E-state index contributed by atoms with van der Waals surface area (Å²) in [5, 5.41) is 16.2. The maximum Gasteiger partial charge on any atom is 0.334 e. The molecule has 0 fully saturated rings. The predicted octanol–water partition coefficient (Wildman–Crippen LogP) is 2.74. The molecule has 0 aliphatic carbocycles. The van der Waals surface area contributed by atoms with Crippen LogP contribution in [0.4, 0.5) is 22.0 Å². The molecule has 39 heavy (non-hydrogen) atoms. The van der Waals surface area contributed by atoms with Crippen molar-refractivity contribution in [1.82, 2.24) is 25.1 Å². The molecule has 4 N–H and O–H groups in total. The number of rotatable bonds is 7. The van der Waals surface area contributed by atoms with Crippen molar-refractivity contribution in [3.8, 4) is 17.1 Å². The van der Waals surface area contributed by atoms with Gasteiger partial charge in [-0.2, -0.15) is 4.68 Å². The van der Waals surface area contributed by atoms with Gasteiger partial charge in [-0.1, -0.05) is 30.3 Å². The first-order valence-corrected chi connectivity index (χ1v) is 11.7. The van der Waals surface area contributed by atoms with Crippen molar-refractivity contribution < 1.29 is 24.3 Å². The van der Waals surface area contributed by atoms with Gasteiger partial charge in [-0.25, -0.2) is 19.7 Å². The third kappa shape index (κ3) is 5.13. The summed E-state index contributed by atoms with van der Waals surface area (Å²) in [7, 11) is 0. The van der Waals surface area contributed by atoms with Gasteiger partial charge >= 0.3 is 12.0 Å². The number of aryl methyl sites for hydroxylation is 1. The Bertz CT molecular complexity index is 1680. The smallest absolute Gasteiger partial charge is 0.334 e. The molecule has 4 heterocycles. The van der Waals surface area contributed by atoms with E-state index in [1.165, 1.54) is 23.2 Å². The normalized spacial score (nSPS) is 11.5. The number of hydrogen-bond acceptors (Lipinski definition) is 7. The Morgan fingerprint density at radius 3 is 2.46 bits per heavy atom. The number of urea groups is 1. The van der Waals surface area contributed by atoms with Crippen LogP contribution in [0.5, 0.6) is 0 Å². The highest BCUT2D eigenvalue weighted by Gasteiger charge is 2.38. The van der Waals surface area contributed by atoms with Gasteiger partial charge in [0.05, 0.1) is 29.1 Å². The third-order valence-corrected chi connectivity index (χ3v) is 5.89. The Morgan fingerprint density at radius 1 is 1.00 bits per heavy atom. The predicted molar refractivity (Wildman–Crippen MR) is 139 cm³/mol. The highest BCUT2D eigenvalue weighted by molar-refractivity contribution is 6.19. The van der Waals surface area contributed by atoms with Gasteiger partial charge in [0.1, 0.15) is 5.69 Å². The molecule has 13 nitrogen and oxygen atoms in total. The maximum absolute atomic E-state index is 12.8. The number of hydrogen-bond donors (Lipinski definition) is 4. The van der Waals surface area contributed by atoms with Crippen LogP contribution in [0.15, 0.2) is 65.6 Å². The van der Waals surface area contributed by atoms with E-state index in [1.807, 2.05) is 30.3 Å². The molecule has 4 amide bonds. The van der Waals surface area contributed by atoms with E-state index in [-0.39, 0.29) is 29.9 Å². The monoisotopic (exact) mass is 527 g/mol. The Hall–Kier alpha value is -5.59. The second-order valence-corrected chi connectivity index (χ2v) is 8.60. The zero-order valence-electron chi connectivity index (χ0n) is 20.5. The molecule has 196 valence electrons. The van der Waals surface area contributed by atoms with E-state index >= 15 is 0 Å². The number of nitrogens with zero attached hydrogens (tertiary/aromatic N) is 4. The number of nitrogens with one attached hydrogen (secondary N) is 3. The summed E-state index contributed by atoms with van der Waals surface area (Å²) < 4.78 is 1.07. The summed E-state index contributed by atoms with van der Waals surface area (Å²) in [4.78, 5) is 70.5. The summed E-state index contributed by atoms with van der Waals surface area (Å²) in [6, 6.07) is 15.2. The van der Waals surface area contributed by atoms with Gasteiger partial charge < -0.3 is 10.4 Å². The van der Waals surface area contributed by atoms with Crippen LogP contribution in [0.2, 0.25) is 0 Å². The van der Waals surface area contributed by atoms with E-state index in [1.54, 1.807) is 19.1 Å². The van der Waals surface area contributed by atoms with Crippen LogP contribution in [0.3, 0.4) is 0 Å². The molecular formula is C26H21N7O6. The number of aromatic nitrogens is 4. The van der Waals surface area contributed by atoms with Gasteiger partial charge in [0.15, 0.2) is 11.6 Å². The fourth-order valence-corrected chi connectivity index (χ4v) is 3.86. The van der Waals surface area contributed by atoms with E-state index in [2.05, 4.69) is 25.7 Å². The van der Waals surface area contributed by atoms with Crippen molar-refractivity contribution in [2.24, 2.45) is 0 Å². The van der Waals surface area contributed by atoms with Crippen molar-refractivity contribution >= 4 is 41.0 Å². The third-order valence-electron chi connectivity index (χ3n) is 5.89. The van der Waals surface area contributed by atoms with Crippen molar-refractivity contribution in [3.63, 3.8) is 0 Å². The lowest BCUT2D eigenvalue weighted by atomic mass is 10.1. The Kier molecular flexibility index (Phi) is 6.46. The molecule has 3 aromatic heterocycles. The van der Waals surface area contributed by atoms with Crippen LogP contribution in [0.25, 0.3) is 17.1 Å². The quantitative estimate of drug-likeness (QED) is 0.265. The minimum atomic E-state index is -1.13. The van der Waals surface area contributed by atoms with Crippen LogP contribution in [0, 0.1) is 6.92 Å². The first-order chi connectivity index (χ1) is 18.7. The fraction of sp³-hybridized carbons (Fsp3) is 0.115. The number of amides is 4. The number of carbonyl (C=O) groups is 4. The van der Waals surface area contributed by atoms with Crippen molar-refractivity contribution in [2.45, 2.75) is 19.8 Å². The average Bonchev–Trinajstić information content (AvgIpc) is 3.60. The maximum atomic E-state index is 12.8. The standard InChI is InChI=1S/C26H21N7O6/c1-14-22(29-20(34)11-12-21(35)36)25(38)33(31-14)19-10-7-16(13-27-19)24(37)30-26(39)32-18-9-8-17(28-23(18)32)15-5-3-2-4-6-15/h2-10,13,31H,11-12H2,1H3,(H,29,34)(H,35,36)(H,30,37,39). The lowest BCUT2D eigenvalue weighted by molar-refractivity contribution is -0.138. The molecule has 1 aromatic carbocycles. The molecule has 0 atom stereocenters. The van der Waals surface area contributed by atoms with Gasteiger partial charge in [-0.15, -0.1) is 0 Å². The molecule has 0 unspecified atom stereocenters. The summed E-state index contributed by atoms with van der Waals surface area (Å²) in [6.07, 6.45) is 0.548. The van der Waals surface area contributed by atoms with E-state index in [0.717, 1.165) is 10.2 Å². The lowest BCUT2D eigenvalue weighted by Gasteiger charge is -2.05. The number of anilines is 3. The zero-order valence-corrected chi connectivity index (χ0v) is 20.5. The number of carbonyl (C=O) groups excluding carboxylic acids is 3. The Morgan fingerprint density at radius 2 is 1.77 bits per heavy atom. The minimum absolute atomic E-state index is 0.0401. The summed E-state index contributed by atoms with van der Waals surface area (Å²) in [5.41, 5.74) is 1.96. The number of aliphatic carboxylic acids is 1. The van der Waals surface area contributed by atoms with Crippen molar-refractivity contribution in [2.75, 3.05) is 10.2 Å². The summed E-state index contributed by atoms with van der Waals surface area (Å²) in [5.74, 6) is -1.85. The summed E-state index contributed by atoms with van der Waals surface area (Å²) >= 11 is 0. The van der Waals surface area contributed by atoms with E-state index in [9.17, 15) is 24.0 Å². The summed E-state index contributed by atoms with van der Waals surface area (Å²) in [6.45, 7) is 1.56. The van der Waals surface area contributed by atoms with Crippen molar-refractivity contribution in [1.29, 1.82) is 0 Å². The molecule has 1 aliphatic rings. The molecule has 0 spiro atoms. The first-order valence-electron chi connectivity index (χ1n) is 11.7. The van der Waals surface area contributed by atoms with Crippen LogP contribution < -0.4 is 21.1 Å². The molecule has 4 aromatic rings. The molecule has 0 radical (unpaired) electrons. The van der Waals surface area contributed by atoms with Gasteiger partial charge in [-0.05, 0) is 31.2 Å². The number of fused-ring (bicyclic) bond motifs is 1. The number of benzene rings is 1. The second kappa shape index (κ2) is 10.0. The Balaban J connectivity index is 1.23. The average molecular weight is 527 g/mol. The minimum Gasteiger partial charge on any atom is -0.481 e. The van der Waals surface area contributed by atoms with Crippen LogP contribution in [-0.2, 0) is 9.59 Å². The van der Waals surface area contributed by atoms with Gasteiger partial charge in [0.25, 0.3) is 11.5 Å². The van der Waals surface area contributed by atoms with Crippen LogP contribution in [0.1, 0.15) is 28.9 Å². The van der Waals surface area contributed by atoms with Crippen molar-refractivity contribution in [3.05, 3.63) is 82.4 Å². The fourth-order valence-electron chi connectivity index (χ4n) is 3.86. The van der Waals surface area contributed by atoms with Crippen LogP contribution >= 0.6 is 0 Å². The molecule has 0 bridgehead atoms. The second-order valence-electron chi connectivity index (χ2n) is 8.60. The number of carboxylic acids is 1. The molecule has 13 heteroatoms. The first kappa shape index (κ1) is 25.1. The largest absolute Gasteiger partial charge is 0.481 e. The highest BCUT2D eigenvalue weighted by atomic mass is 16.4. The van der Waals surface area contributed by atoms with E-state index < -0.39 is 29.4 Å². The van der Waals surface area contributed by atoms with E-state index in [0.29, 0.717) is 22.9 Å². The zero-order chi connectivity index (χ0) is 27.7. The van der Waals surface area contributed by atoms with Crippen LogP contribution in [-0.4, -0.2) is 48.7 Å². The van der Waals surface area contributed by atoms with Gasteiger partial charge in [-0.3, -0.25) is 29.6 Å². The lowest BCUT2D eigenvalue weighted by Crippen LogP contribution is -2.35. The number of imide groups is 1. The number of pyridine rings is 2. The molecule has 5 rings (SSSR count). The molecule has 0 saturated heterocycles. The SMILES string of the molecule is Cc1[nH]n(-c2ccc(C(=O)NC(=O)N3c4ccc(-c5ccccc5)nc43)cn2)c(=O)c1NC(=O)CCC(=O)O. The topological polar surface area (TPSA) is 179 Å². The Labute approximate surface area is 220 Å². The van der Waals surface area contributed by atoms with Gasteiger partial charge in [0.2, 0.25) is 5.91 Å². The number of H-pyrrole nitrogens is 1.